The Kier molecular flexibility index (Phi) is 7.02. The Morgan fingerprint density at radius 3 is 2.57 bits per heavy atom. The maximum absolute atomic E-state index is 10.7. The van der Waals surface area contributed by atoms with Gasteiger partial charge in [-0.3, -0.25) is 4.79 Å². The molecule has 5 nitrogen and oxygen atoms in total. The largest absolute Gasteiger partial charge is 0.493 e. The van der Waals surface area contributed by atoms with Gasteiger partial charge in [-0.1, -0.05) is 19.1 Å². The van der Waals surface area contributed by atoms with Gasteiger partial charge in [-0.15, -0.1) is 0 Å². The molecule has 0 radical (unpaired) electrons. The normalized spacial score (nSPS) is 12.2. The lowest BCUT2D eigenvalue weighted by molar-refractivity contribution is -0.137. The van der Waals surface area contributed by atoms with Crippen LogP contribution in [0.1, 0.15) is 25.3 Å². The Morgan fingerprint density at radius 2 is 2.05 bits per heavy atom. The highest BCUT2D eigenvalue weighted by molar-refractivity contribution is 5.66. The summed E-state index contributed by atoms with van der Waals surface area (Å²) >= 11 is 0. The van der Waals surface area contributed by atoms with Crippen LogP contribution in [0.4, 0.5) is 0 Å². The fourth-order valence-electron chi connectivity index (χ4n) is 2.43. The molecule has 5 heteroatoms. The topological polar surface area (TPSA) is 59.0 Å². The molecule has 0 aliphatic heterocycles. The molecule has 1 rings (SSSR count). The number of methoxy groups -OCH3 is 2. The summed E-state index contributed by atoms with van der Waals surface area (Å²) in [4.78, 5) is 12.8. The van der Waals surface area contributed by atoms with Crippen molar-refractivity contribution in [1.29, 1.82) is 0 Å². The number of para-hydroxylation sites is 1. The third-order valence-electron chi connectivity index (χ3n) is 3.71. The first kappa shape index (κ1) is 17.3. The Balaban J connectivity index is 2.83. The van der Waals surface area contributed by atoms with Crippen LogP contribution in [-0.4, -0.2) is 49.8 Å². The van der Waals surface area contributed by atoms with Crippen molar-refractivity contribution in [3.63, 3.8) is 0 Å². The van der Waals surface area contributed by atoms with Crippen LogP contribution in [0.15, 0.2) is 18.2 Å². The van der Waals surface area contributed by atoms with Crippen molar-refractivity contribution in [2.24, 2.45) is 0 Å². The average molecular weight is 295 g/mol. The van der Waals surface area contributed by atoms with Crippen molar-refractivity contribution in [2.75, 3.05) is 27.8 Å². The number of aliphatic carboxylic acids is 1. The molecule has 0 saturated heterocycles. The number of ether oxygens (including phenoxy) is 2. The Hall–Kier alpha value is -1.75. The molecule has 1 aromatic carbocycles. The predicted octanol–water partition coefficient (Wildman–Crippen LogP) is 2.43. The van der Waals surface area contributed by atoms with Gasteiger partial charge in [-0.2, -0.15) is 0 Å². The summed E-state index contributed by atoms with van der Waals surface area (Å²) < 4.78 is 10.8. The minimum atomic E-state index is -0.768. The minimum absolute atomic E-state index is 0.155. The fourth-order valence-corrected chi connectivity index (χ4v) is 2.43. The van der Waals surface area contributed by atoms with Gasteiger partial charge < -0.3 is 19.5 Å². The summed E-state index contributed by atoms with van der Waals surface area (Å²) in [7, 11) is 5.22. The summed E-state index contributed by atoms with van der Waals surface area (Å²) in [6.45, 7) is 2.65. The molecule has 1 atom stereocenters. The van der Waals surface area contributed by atoms with E-state index in [-0.39, 0.29) is 12.5 Å². The Bertz CT molecular complexity index is 462. The second-order valence-electron chi connectivity index (χ2n) is 5.04. The van der Waals surface area contributed by atoms with E-state index in [2.05, 4.69) is 11.8 Å². The van der Waals surface area contributed by atoms with Gasteiger partial charge in [0.2, 0.25) is 0 Å². The lowest BCUT2D eigenvalue weighted by Gasteiger charge is -2.27. The summed E-state index contributed by atoms with van der Waals surface area (Å²) in [5.41, 5.74) is 1.07. The van der Waals surface area contributed by atoms with Crippen LogP contribution >= 0.6 is 0 Å². The van der Waals surface area contributed by atoms with Crippen molar-refractivity contribution in [3.05, 3.63) is 23.8 Å². The van der Waals surface area contributed by atoms with Crippen molar-refractivity contribution in [3.8, 4) is 11.5 Å². The standard InChI is InChI=1S/C16H25NO4/c1-5-13(17(2)10-9-15(18)19)11-12-7-6-8-14(20-3)16(12)21-4/h6-8,13H,5,9-11H2,1-4H3,(H,18,19). The van der Waals surface area contributed by atoms with Crippen molar-refractivity contribution in [1.82, 2.24) is 4.90 Å². The maximum Gasteiger partial charge on any atom is 0.304 e. The molecule has 0 saturated carbocycles. The Morgan fingerprint density at radius 1 is 1.33 bits per heavy atom. The summed E-state index contributed by atoms with van der Waals surface area (Å²) in [6, 6.07) is 6.11. The van der Waals surface area contributed by atoms with E-state index in [0.29, 0.717) is 6.54 Å². The van der Waals surface area contributed by atoms with E-state index >= 15 is 0 Å². The van der Waals surface area contributed by atoms with Crippen LogP contribution in [0.2, 0.25) is 0 Å². The van der Waals surface area contributed by atoms with Gasteiger partial charge in [0.05, 0.1) is 20.6 Å². The van der Waals surface area contributed by atoms with E-state index in [1.165, 1.54) is 0 Å². The first-order valence-electron chi connectivity index (χ1n) is 7.15. The molecule has 0 aliphatic carbocycles. The predicted molar refractivity (Wildman–Crippen MR) is 82.2 cm³/mol. The highest BCUT2D eigenvalue weighted by Crippen LogP contribution is 2.32. The first-order chi connectivity index (χ1) is 10.0. The molecule has 1 N–H and O–H groups in total. The van der Waals surface area contributed by atoms with Gasteiger partial charge in [-0.05, 0) is 31.5 Å². The summed E-state index contributed by atoms with van der Waals surface area (Å²) in [5, 5.41) is 8.79. The molecule has 0 amide bonds. The zero-order valence-corrected chi connectivity index (χ0v) is 13.3. The van der Waals surface area contributed by atoms with Gasteiger partial charge in [0.25, 0.3) is 0 Å². The fraction of sp³-hybridized carbons (Fsp3) is 0.562. The van der Waals surface area contributed by atoms with Gasteiger partial charge in [-0.25, -0.2) is 0 Å². The number of carboxylic acid groups (broad SMARTS) is 1. The van der Waals surface area contributed by atoms with Crippen LogP contribution in [0.5, 0.6) is 11.5 Å². The van der Waals surface area contributed by atoms with Crippen LogP contribution < -0.4 is 9.47 Å². The van der Waals surface area contributed by atoms with E-state index in [0.717, 1.165) is 29.9 Å². The molecule has 118 valence electrons. The molecular weight excluding hydrogens is 270 g/mol. The average Bonchev–Trinajstić information content (AvgIpc) is 2.49. The van der Waals surface area contributed by atoms with Crippen LogP contribution in [0, 0.1) is 0 Å². The molecule has 0 fully saturated rings. The molecule has 0 spiro atoms. The quantitative estimate of drug-likeness (QED) is 0.758. The number of hydrogen-bond acceptors (Lipinski definition) is 4. The zero-order chi connectivity index (χ0) is 15.8. The van der Waals surface area contributed by atoms with Gasteiger partial charge >= 0.3 is 5.97 Å². The molecular formula is C16H25NO4. The molecule has 21 heavy (non-hydrogen) atoms. The van der Waals surface area contributed by atoms with E-state index in [4.69, 9.17) is 14.6 Å². The maximum atomic E-state index is 10.7. The Labute approximate surface area is 126 Å². The molecule has 1 unspecified atom stereocenters. The molecule has 1 aromatic rings. The summed E-state index contributed by atoms with van der Waals surface area (Å²) in [5.74, 6) is 0.707. The lowest BCUT2D eigenvalue weighted by atomic mass is 10.0. The molecule has 0 aromatic heterocycles. The monoisotopic (exact) mass is 295 g/mol. The smallest absolute Gasteiger partial charge is 0.304 e. The number of carbonyl (C=O) groups is 1. The SMILES string of the molecule is CCC(Cc1cccc(OC)c1OC)N(C)CCC(=O)O. The number of benzene rings is 1. The summed E-state index contributed by atoms with van der Waals surface area (Å²) in [6.07, 6.45) is 1.89. The second kappa shape index (κ2) is 8.52. The third-order valence-corrected chi connectivity index (χ3v) is 3.71. The minimum Gasteiger partial charge on any atom is -0.493 e. The molecule has 0 aliphatic rings. The van der Waals surface area contributed by atoms with E-state index in [1.54, 1.807) is 14.2 Å². The van der Waals surface area contributed by atoms with E-state index in [1.807, 2.05) is 25.2 Å². The highest BCUT2D eigenvalue weighted by atomic mass is 16.5. The van der Waals surface area contributed by atoms with Gasteiger partial charge in [0.15, 0.2) is 11.5 Å². The number of likely N-dealkylation sites (N-methyl/N-ethyl adjacent to an activating group) is 1. The van der Waals surface area contributed by atoms with Crippen molar-refractivity contribution in [2.45, 2.75) is 32.2 Å². The zero-order valence-electron chi connectivity index (χ0n) is 13.3. The molecule has 0 heterocycles. The van der Waals surface area contributed by atoms with Crippen molar-refractivity contribution < 1.29 is 19.4 Å². The number of rotatable bonds is 9. The van der Waals surface area contributed by atoms with Crippen LogP contribution in [0.25, 0.3) is 0 Å². The van der Waals surface area contributed by atoms with Crippen molar-refractivity contribution >= 4 is 5.97 Å². The third kappa shape index (κ3) is 4.93. The first-order valence-corrected chi connectivity index (χ1v) is 7.15. The lowest BCUT2D eigenvalue weighted by Crippen LogP contribution is -2.34. The number of carboxylic acids is 1. The van der Waals surface area contributed by atoms with E-state index < -0.39 is 5.97 Å². The van der Waals surface area contributed by atoms with Gasteiger partial charge in [0.1, 0.15) is 0 Å². The second-order valence-corrected chi connectivity index (χ2v) is 5.04. The molecule has 0 bridgehead atoms. The number of hydrogen-bond donors (Lipinski definition) is 1. The van der Waals surface area contributed by atoms with Crippen LogP contribution in [0.3, 0.4) is 0 Å². The van der Waals surface area contributed by atoms with Crippen LogP contribution in [-0.2, 0) is 11.2 Å². The highest BCUT2D eigenvalue weighted by Gasteiger charge is 2.18. The van der Waals surface area contributed by atoms with Gasteiger partial charge in [0, 0.05) is 12.6 Å². The van der Waals surface area contributed by atoms with E-state index in [9.17, 15) is 4.79 Å². The number of nitrogens with zero attached hydrogens (tertiary/aromatic N) is 1.